The van der Waals surface area contributed by atoms with Crippen LogP contribution in [0.4, 0.5) is 0 Å². The molecule has 0 aliphatic carbocycles. The molecule has 0 radical (unpaired) electrons. The number of imidazole rings is 1. The molecule has 1 aromatic rings. The Kier molecular flexibility index (Phi) is 5.99. The van der Waals surface area contributed by atoms with Gasteiger partial charge < -0.3 is 14.8 Å². The van der Waals surface area contributed by atoms with Gasteiger partial charge in [-0.25, -0.2) is 4.98 Å². The van der Waals surface area contributed by atoms with E-state index < -0.39 is 0 Å². The van der Waals surface area contributed by atoms with E-state index >= 15 is 0 Å². The van der Waals surface area contributed by atoms with Crippen molar-refractivity contribution in [3.63, 3.8) is 0 Å². The van der Waals surface area contributed by atoms with Crippen LogP contribution in [-0.2, 0) is 13.0 Å². The smallest absolute Gasteiger partial charge is 0.290 e. The van der Waals surface area contributed by atoms with Crippen LogP contribution in [0.3, 0.4) is 0 Å². The van der Waals surface area contributed by atoms with Crippen LogP contribution in [0.5, 0.6) is 0 Å². The highest BCUT2D eigenvalue weighted by molar-refractivity contribution is 5.97. The average molecular weight is 361 g/mol. The first-order valence-corrected chi connectivity index (χ1v) is 10.2. The molecule has 26 heavy (non-hydrogen) atoms. The van der Waals surface area contributed by atoms with Gasteiger partial charge in [0.25, 0.3) is 11.8 Å². The van der Waals surface area contributed by atoms with Crippen LogP contribution in [-0.4, -0.2) is 45.4 Å². The van der Waals surface area contributed by atoms with E-state index in [1.807, 2.05) is 9.47 Å². The van der Waals surface area contributed by atoms with Crippen molar-refractivity contribution in [1.82, 2.24) is 19.8 Å². The molecule has 1 saturated heterocycles. The minimum absolute atomic E-state index is 0.00242. The van der Waals surface area contributed by atoms with E-state index in [4.69, 9.17) is 0 Å². The van der Waals surface area contributed by atoms with Crippen molar-refractivity contribution in [2.24, 2.45) is 5.92 Å². The van der Waals surface area contributed by atoms with E-state index in [-0.39, 0.29) is 11.8 Å². The van der Waals surface area contributed by atoms with Gasteiger partial charge >= 0.3 is 0 Å². The zero-order chi connectivity index (χ0) is 18.7. The van der Waals surface area contributed by atoms with Gasteiger partial charge in [-0.1, -0.05) is 20.8 Å². The summed E-state index contributed by atoms with van der Waals surface area (Å²) in [5.41, 5.74) is 1.39. The number of fused-ring (bicyclic) bond motifs is 1. The van der Waals surface area contributed by atoms with Crippen molar-refractivity contribution in [2.45, 2.75) is 78.3 Å². The first-order chi connectivity index (χ1) is 12.5. The lowest BCUT2D eigenvalue weighted by Gasteiger charge is -2.35. The zero-order valence-electron chi connectivity index (χ0n) is 16.4. The molecule has 0 aromatic carbocycles. The van der Waals surface area contributed by atoms with Crippen LogP contribution in [0.15, 0.2) is 0 Å². The normalized spacial score (nSPS) is 20.2. The number of hydrogen-bond donors (Lipinski definition) is 1. The second-order valence-corrected chi connectivity index (χ2v) is 8.00. The minimum atomic E-state index is -0.144. The molecule has 3 rings (SSSR count). The maximum atomic E-state index is 13.3. The average Bonchev–Trinajstić information content (AvgIpc) is 3.05. The number of hydrogen-bond acceptors (Lipinski definition) is 3. The van der Waals surface area contributed by atoms with Gasteiger partial charge in [-0.15, -0.1) is 0 Å². The van der Waals surface area contributed by atoms with Crippen molar-refractivity contribution >= 4 is 11.8 Å². The summed E-state index contributed by atoms with van der Waals surface area (Å²) in [5.74, 6) is 0.712. The quantitative estimate of drug-likeness (QED) is 0.878. The van der Waals surface area contributed by atoms with Gasteiger partial charge in [-0.05, 0) is 50.9 Å². The molecule has 1 atom stereocenters. The molecule has 0 spiro atoms. The molecular weight excluding hydrogens is 328 g/mol. The van der Waals surface area contributed by atoms with E-state index in [1.54, 1.807) is 0 Å². The molecule has 2 amide bonds. The van der Waals surface area contributed by atoms with E-state index in [1.165, 1.54) is 6.42 Å². The molecule has 6 heteroatoms. The predicted octanol–water partition coefficient (Wildman–Crippen LogP) is 3.01. The lowest BCUT2D eigenvalue weighted by Crippen LogP contribution is -2.44. The third kappa shape index (κ3) is 3.79. The van der Waals surface area contributed by atoms with Gasteiger partial charge in [0.05, 0.1) is 5.69 Å². The van der Waals surface area contributed by atoms with E-state index in [2.05, 4.69) is 31.1 Å². The van der Waals surface area contributed by atoms with Crippen LogP contribution >= 0.6 is 0 Å². The predicted molar refractivity (Wildman–Crippen MR) is 101 cm³/mol. The van der Waals surface area contributed by atoms with E-state index in [0.717, 1.165) is 57.3 Å². The summed E-state index contributed by atoms with van der Waals surface area (Å²) in [7, 11) is 0. The molecule has 1 N–H and O–H groups in total. The van der Waals surface area contributed by atoms with Gasteiger partial charge in [0.1, 0.15) is 5.69 Å². The van der Waals surface area contributed by atoms with Gasteiger partial charge in [0.15, 0.2) is 5.82 Å². The second-order valence-electron chi connectivity index (χ2n) is 8.00. The molecule has 1 unspecified atom stereocenters. The molecule has 0 saturated carbocycles. The van der Waals surface area contributed by atoms with Crippen LogP contribution < -0.4 is 5.32 Å². The molecule has 0 bridgehead atoms. The van der Waals surface area contributed by atoms with Crippen molar-refractivity contribution in [3.8, 4) is 0 Å². The fourth-order valence-corrected chi connectivity index (χ4v) is 4.09. The largest absolute Gasteiger partial charge is 0.350 e. The molecule has 1 aromatic heterocycles. The van der Waals surface area contributed by atoms with Crippen molar-refractivity contribution < 1.29 is 9.59 Å². The summed E-state index contributed by atoms with van der Waals surface area (Å²) in [6, 6.07) is 0.297. The number of amides is 2. The molecule has 2 aliphatic rings. The third-order valence-electron chi connectivity index (χ3n) is 5.55. The topological polar surface area (TPSA) is 67.2 Å². The summed E-state index contributed by atoms with van der Waals surface area (Å²) in [6.45, 7) is 8.48. The van der Waals surface area contributed by atoms with Crippen LogP contribution in [0, 0.1) is 5.92 Å². The molecule has 6 nitrogen and oxygen atoms in total. The summed E-state index contributed by atoms with van der Waals surface area (Å²) in [5, 5.41) is 2.96. The number of aromatic nitrogens is 2. The number of carbonyl (C=O) groups excluding carboxylic acids is 2. The van der Waals surface area contributed by atoms with Crippen LogP contribution in [0.25, 0.3) is 0 Å². The Morgan fingerprint density at radius 2 is 1.96 bits per heavy atom. The number of nitrogens with zero attached hydrogens (tertiary/aromatic N) is 3. The Balaban J connectivity index is 1.89. The highest BCUT2D eigenvalue weighted by atomic mass is 16.2. The first-order valence-electron chi connectivity index (χ1n) is 10.2. The summed E-state index contributed by atoms with van der Waals surface area (Å²) in [4.78, 5) is 32.5. The SMILES string of the molecule is CCC1CCCCN1C(=O)c1nc(C(=O)NCC(C)C)c2n1CCCC2. The Morgan fingerprint density at radius 3 is 2.69 bits per heavy atom. The Bertz CT molecular complexity index is 665. The van der Waals surface area contributed by atoms with Gasteiger partial charge in [-0.3, -0.25) is 9.59 Å². The Labute approximate surface area is 156 Å². The lowest BCUT2D eigenvalue weighted by atomic mass is 10.00. The number of nitrogens with one attached hydrogen (secondary N) is 1. The standard InChI is InChI=1S/C20H32N4O2/c1-4-15-9-5-7-11-23(15)20(26)18-22-17(19(25)21-13-14(2)3)16-10-6-8-12-24(16)18/h14-15H,4-13H2,1-3H3,(H,21,25). The number of rotatable bonds is 5. The molecule has 144 valence electrons. The Morgan fingerprint density at radius 1 is 1.19 bits per heavy atom. The fourth-order valence-electron chi connectivity index (χ4n) is 4.09. The summed E-state index contributed by atoms with van der Waals surface area (Å²) in [6.07, 6.45) is 7.18. The van der Waals surface area contributed by atoms with Gasteiger partial charge in [0.2, 0.25) is 0 Å². The molecule has 2 aliphatic heterocycles. The summed E-state index contributed by atoms with van der Waals surface area (Å²) < 4.78 is 2.01. The van der Waals surface area contributed by atoms with E-state index in [9.17, 15) is 9.59 Å². The monoisotopic (exact) mass is 360 g/mol. The van der Waals surface area contributed by atoms with E-state index in [0.29, 0.717) is 30.0 Å². The maximum Gasteiger partial charge on any atom is 0.290 e. The number of likely N-dealkylation sites (tertiary alicyclic amines) is 1. The molecular formula is C20H32N4O2. The highest BCUT2D eigenvalue weighted by Crippen LogP contribution is 2.25. The second kappa shape index (κ2) is 8.23. The fraction of sp³-hybridized carbons (Fsp3) is 0.750. The number of piperidine rings is 1. The zero-order valence-corrected chi connectivity index (χ0v) is 16.4. The van der Waals surface area contributed by atoms with Crippen molar-refractivity contribution in [1.29, 1.82) is 0 Å². The maximum absolute atomic E-state index is 13.3. The van der Waals surface area contributed by atoms with Gasteiger partial charge in [0, 0.05) is 25.7 Å². The third-order valence-corrected chi connectivity index (χ3v) is 5.55. The minimum Gasteiger partial charge on any atom is -0.350 e. The first kappa shape index (κ1) is 18.9. The summed E-state index contributed by atoms with van der Waals surface area (Å²) >= 11 is 0. The van der Waals surface area contributed by atoms with Crippen molar-refractivity contribution in [2.75, 3.05) is 13.1 Å². The molecule has 3 heterocycles. The van der Waals surface area contributed by atoms with Crippen LogP contribution in [0.2, 0.25) is 0 Å². The van der Waals surface area contributed by atoms with Crippen molar-refractivity contribution in [3.05, 3.63) is 17.2 Å². The van der Waals surface area contributed by atoms with Crippen LogP contribution in [0.1, 0.15) is 86.1 Å². The molecule has 1 fully saturated rings. The lowest BCUT2D eigenvalue weighted by molar-refractivity contribution is 0.0589. The highest BCUT2D eigenvalue weighted by Gasteiger charge is 2.33. The Hall–Kier alpha value is -1.85. The van der Waals surface area contributed by atoms with Gasteiger partial charge in [-0.2, -0.15) is 0 Å². The number of carbonyl (C=O) groups is 2.